The number of carbonyl (C=O) groups is 1. The van der Waals surface area contributed by atoms with Crippen LogP contribution >= 0.6 is 0 Å². The molecule has 4 rings (SSSR count). The maximum Gasteiger partial charge on any atom is 0.248 e. The molecule has 0 spiro atoms. The van der Waals surface area contributed by atoms with Crippen molar-refractivity contribution in [1.29, 1.82) is 0 Å². The average molecular weight is 364 g/mol. The van der Waals surface area contributed by atoms with Crippen LogP contribution in [-0.4, -0.2) is 23.6 Å². The summed E-state index contributed by atoms with van der Waals surface area (Å²) in [4.78, 5) is 16.7. The Morgan fingerprint density at radius 1 is 1.37 bits per heavy atom. The number of ether oxygens (including phenoxy) is 2. The number of hydrogen-bond donors (Lipinski definition) is 1. The van der Waals surface area contributed by atoms with E-state index in [1.54, 1.807) is 6.08 Å². The fourth-order valence-corrected chi connectivity index (χ4v) is 3.09. The number of oxazole rings is 1. The largest absolute Gasteiger partial charge is 0.492 e. The number of rotatable bonds is 5. The first-order valence-corrected chi connectivity index (χ1v) is 8.93. The number of fused-ring (bicyclic) bond motifs is 2. The number of nitrogens with one attached hydrogen (secondary N) is 1. The van der Waals surface area contributed by atoms with Crippen LogP contribution in [0.5, 0.6) is 11.5 Å². The first-order valence-electron chi connectivity index (χ1n) is 8.93. The first kappa shape index (κ1) is 17.1. The van der Waals surface area contributed by atoms with Crippen molar-refractivity contribution in [3.63, 3.8) is 0 Å². The lowest BCUT2D eigenvalue weighted by Crippen LogP contribution is -2.10. The van der Waals surface area contributed by atoms with Gasteiger partial charge in [0.05, 0.1) is 12.3 Å². The van der Waals surface area contributed by atoms with Gasteiger partial charge in [-0.2, -0.15) is 0 Å². The zero-order chi connectivity index (χ0) is 18.8. The van der Waals surface area contributed by atoms with Gasteiger partial charge in [0.15, 0.2) is 5.58 Å². The third-order valence-electron chi connectivity index (χ3n) is 4.24. The van der Waals surface area contributed by atoms with Crippen LogP contribution in [0.1, 0.15) is 25.3 Å². The van der Waals surface area contributed by atoms with E-state index in [-0.39, 0.29) is 12.0 Å². The third kappa shape index (κ3) is 3.65. The molecule has 27 heavy (non-hydrogen) atoms. The van der Waals surface area contributed by atoms with Gasteiger partial charge < -0.3 is 19.2 Å². The van der Waals surface area contributed by atoms with Gasteiger partial charge in [0.25, 0.3) is 0 Å². The van der Waals surface area contributed by atoms with Crippen molar-refractivity contribution in [2.75, 3.05) is 11.9 Å². The van der Waals surface area contributed by atoms with Crippen molar-refractivity contribution in [2.24, 2.45) is 0 Å². The first-order chi connectivity index (χ1) is 13.1. The Labute approximate surface area is 156 Å². The van der Waals surface area contributed by atoms with Crippen LogP contribution in [-0.2, 0) is 11.2 Å². The summed E-state index contributed by atoms with van der Waals surface area (Å²) in [7, 11) is 0. The van der Waals surface area contributed by atoms with Crippen LogP contribution in [0.4, 0.5) is 5.69 Å². The zero-order valence-electron chi connectivity index (χ0n) is 15.2. The van der Waals surface area contributed by atoms with Gasteiger partial charge in [0, 0.05) is 30.2 Å². The van der Waals surface area contributed by atoms with Gasteiger partial charge in [-0.1, -0.05) is 12.1 Å². The molecule has 2 aromatic carbocycles. The van der Waals surface area contributed by atoms with Crippen LogP contribution in [0.2, 0.25) is 0 Å². The molecule has 1 aliphatic heterocycles. The fraction of sp³-hybridized carbons (Fsp3) is 0.238. The maximum absolute atomic E-state index is 12.4. The number of carbonyl (C=O) groups excluding carboxylic acids is 1. The summed E-state index contributed by atoms with van der Waals surface area (Å²) in [5.41, 5.74) is 3.10. The number of para-hydroxylation sites is 2. The van der Waals surface area contributed by atoms with Crippen molar-refractivity contribution in [2.45, 2.75) is 26.4 Å². The molecule has 1 atom stereocenters. The average Bonchev–Trinajstić information content (AvgIpc) is 3.22. The highest BCUT2D eigenvalue weighted by molar-refractivity contribution is 6.02. The Morgan fingerprint density at radius 3 is 3.04 bits per heavy atom. The van der Waals surface area contributed by atoms with E-state index >= 15 is 0 Å². The fourth-order valence-electron chi connectivity index (χ4n) is 3.09. The predicted octanol–water partition coefficient (Wildman–Crippen LogP) is 4.20. The van der Waals surface area contributed by atoms with Gasteiger partial charge in [0.1, 0.15) is 23.1 Å². The van der Waals surface area contributed by atoms with Crippen molar-refractivity contribution >= 4 is 28.8 Å². The predicted molar refractivity (Wildman–Crippen MR) is 103 cm³/mol. The van der Waals surface area contributed by atoms with Gasteiger partial charge in [-0.3, -0.25) is 4.79 Å². The molecule has 1 aromatic heterocycles. The summed E-state index contributed by atoms with van der Waals surface area (Å²) in [5.74, 6) is 1.49. The van der Waals surface area contributed by atoms with Gasteiger partial charge in [-0.15, -0.1) is 0 Å². The van der Waals surface area contributed by atoms with E-state index in [4.69, 9.17) is 13.9 Å². The van der Waals surface area contributed by atoms with Gasteiger partial charge in [-0.25, -0.2) is 4.98 Å². The Hall–Kier alpha value is -3.28. The lowest BCUT2D eigenvalue weighted by Gasteiger charge is -2.12. The van der Waals surface area contributed by atoms with E-state index in [1.807, 2.05) is 50.2 Å². The second kappa shape index (κ2) is 7.15. The van der Waals surface area contributed by atoms with E-state index in [9.17, 15) is 4.79 Å². The van der Waals surface area contributed by atoms with Crippen LogP contribution in [0.3, 0.4) is 0 Å². The summed E-state index contributed by atoms with van der Waals surface area (Å²) < 4.78 is 17.0. The topological polar surface area (TPSA) is 73.6 Å². The molecule has 138 valence electrons. The molecule has 0 saturated carbocycles. The van der Waals surface area contributed by atoms with Crippen molar-refractivity contribution < 1.29 is 18.7 Å². The summed E-state index contributed by atoms with van der Waals surface area (Å²) in [5, 5.41) is 2.84. The normalized spacial score (nSPS) is 15.7. The number of nitrogens with zero attached hydrogens (tertiary/aromatic N) is 1. The van der Waals surface area contributed by atoms with E-state index in [0.29, 0.717) is 29.5 Å². The standard InChI is InChI=1S/C21H20N2O4/c1-3-25-19-11-14-10-13(2)26-18(14)12-16(19)22-20(24)8-9-21-23-15-6-4-5-7-17(15)27-21/h4-9,11-13H,3,10H2,1-2H3,(H,22,24)/b9-8+. The molecular weight excluding hydrogens is 344 g/mol. The van der Waals surface area contributed by atoms with Crippen molar-refractivity contribution in [1.82, 2.24) is 4.98 Å². The minimum absolute atomic E-state index is 0.125. The molecule has 1 amide bonds. The molecule has 6 nitrogen and oxygen atoms in total. The monoisotopic (exact) mass is 364 g/mol. The Bertz CT molecular complexity index is 989. The molecule has 1 aliphatic rings. The van der Waals surface area contributed by atoms with Crippen LogP contribution in [0.25, 0.3) is 17.2 Å². The summed E-state index contributed by atoms with van der Waals surface area (Å²) >= 11 is 0. The van der Waals surface area contributed by atoms with E-state index < -0.39 is 0 Å². The number of aromatic nitrogens is 1. The molecule has 2 heterocycles. The zero-order valence-corrected chi connectivity index (χ0v) is 15.2. The van der Waals surface area contributed by atoms with Crippen molar-refractivity contribution in [3.05, 3.63) is 53.9 Å². The Balaban J connectivity index is 1.52. The SMILES string of the molecule is CCOc1cc2c(cc1NC(=O)/C=C/c1nc3ccccc3o1)OC(C)C2. The maximum atomic E-state index is 12.4. The molecule has 0 saturated heterocycles. The number of amides is 1. The second-order valence-electron chi connectivity index (χ2n) is 6.36. The van der Waals surface area contributed by atoms with Crippen LogP contribution < -0.4 is 14.8 Å². The quantitative estimate of drug-likeness (QED) is 0.687. The number of hydrogen-bond acceptors (Lipinski definition) is 5. The van der Waals surface area contributed by atoms with Crippen molar-refractivity contribution in [3.8, 4) is 11.5 Å². The minimum Gasteiger partial charge on any atom is -0.492 e. The van der Waals surface area contributed by atoms with Crippen LogP contribution in [0, 0.1) is 0 Å². The minimum atomic E-state index is -0.302. The Morgan fingerprint density at radius 2 is 2.22 bits per heavy atom. The highest BCUT2D eigenvalue weighted by Crippen LogP contribution is 2.38. The molecular formula is C21H20N2O4. The summed E-state index contributed by atoms with van der Waals surface area (Å²) in [6.45, 7) is 4.43. The highest BCUT2D eigenvalue weighted by Gasteiger charge is 2.22. The Kier molecular flexibility index (Phi) is 4.54. The van der Waals surface area contributed by atoms with E-state index in [1.165, 1.54) is 6.08 Å². The lowest BCUT2D eigenvalue weighted by atomic mass is 10.1. The third-order valence-corrected chi connectivity index (χ3v) is 4.24. The molecule has 0 fully saturated rings. The summed E-state index contributed by atoms with van der Waals surface area (Å²) in [6.07, 6.45) is 3.89. The molecule has 0 radical (unpaired) electrons. The van der Waals surface area contributed by atoms with Gasteiger partial charge in [0.2, 0.25) is 11.8 Å². The van der Waals surface area contributed by atoms with Gasteiger partial charge >= 0.3 is 0 Å². The number of anilines is 1. The number of benzene rings is 2. The van der Waals surface area contributed by atoms with Crippen LogP contribution in [0.15, 0.2) is 46.9 Å². The van der Waals surface area contributed by atoms with Gasteiger partial charge in [-0.05, 0) is 32.0 Å². The molecule has 0 bridgehead atoms. The van der Waals surface area contributed by atoms with E-state index in [0.717, 1.165) is 23.3 Å². The van der Waals surface area contributed by atoms with E-state index in [2.05, 4.69) is 10.3 Å². The molecule has 0 aliphatic carbocycles. The lowest BCUT2D eigenvalue weighted by molar-refractivity contribution is -0.111. The smallest absolute Gasteiger partial charge is 0.248 e. The molecule has 1 N–H and O–H groups in total. The molecule has 6 heteroatoms. The summed E-state index contributed by atoms with van der Waals surface area (Å²) in [6, 6.07) is 11.2. The molecule has 3 aromatic rings. The molecule has 1 unspecified atom stereocenters. The second-order valence-corrected chi connectivity index (χ2v) is 6.36. The highest BCUT2D eigenvalue weighted by atomic mass is 16.5.